The number of halogens is 1. The maximum Gasteiger partial charge on any atom is 0.238 e. The van der Waals surface area contributed by atoms with Crippen molar-refractivity contribution in [2.45, 2.75) is 29.2 Å². The summed E-state index contributed by atoms with van der Waals surface area (Å²) in [7, 11) is 0. The molecule has 1 aromatic carbocycles. The molecule has 2 aromatic rings. The van der Waals surface area contributed by atoms with Crippen LogP contribution in [0.1, 0.15) is 23.7 Å². The first-order valence-electron chi connectivity index (χ1n) is 6.86. The molecule has 5 heteroatoms. The van der Waals surface area contributed by atoms with E-state index < -0.39 is 0 Å². The van der Waals surface area contributed by atoms with Gasteiger partial charge in [0, 0.05) is 12.2 Å². The maximum atomic E-state index is 12.5. The van der Waals surface area contributed by atoms with Crippen molar-refractivity contribution >= 4 is 29.3 Å². The Hall–Kier alpha value is -1.52. The monoisotopic (exact) mass is 318 g/mol. The summed E-state index contributed by atoms with van der Waals surface area (Å²) >= 11 is 7.55. The van der Waals surface area contributed by atoms with Gasteiger partial charge in [0.25, 0.3) is 0 Å². The molecular weight excluding hydrogens is 304 g/mol. The van der Waals surface area contributed by atoms with E-state index >= 15 is 0 Å². The lowest BCUT2D eigenvalue weighted by atomic mass is 10.1. The molecule has 0 spiro atoms. The topological polar surface area (TPSA) is 42.0 Å². The molecule has 1 aliphatic rings. The van der Waals surface area contributed by atoms with Gasteiger partial charge in [-0.1, -0.05) is 53.7 Å². The van der Waals surface area contributed by atoms with Crippen molar-refractivity contribution in [3.63, 3.8) is 0 Å². The average molecular weight is 319 g/mol. The Morgan fingerprint density at radius 1 is 1.24 bits per heavy atom. The number of nitrogens with one attached hydrogen (secondary N) is 1. The first-order valence-corrected chi connectivity index (χ1v) is 8.12. The fourth-order valence-electron chi connectivity index (χ4n) is 1.97. The number of rotatable bonds is 5. The summed E-state index contributed by atoms with van der Waals surface area (Å²) in [6.45, 7) is 0. The van der Waals surface area contributed by atoms with E-state index in [0.717, 1.165) is 18.4 Å². The van der Waals surface area contributed by atoms with Crippen molar-refractivity contribution < 1.29 is 4.79 Å². The molecule has 0 aliphatic heterocycles. The van der Waals surface area contributed by atoms with Crippen LogP contribution in [-0.4, -0.2) is 16.9 Å². The van der Waals surface area contributed by atoms with Gasteiger partial charge in [0.15, 0.2) is 0 Å². The van der Waals surface area contributed by atoms with Gasteiger partial charge >= 0.3 is 0 Å². The van der Waals surface area contributed by atoms with Crippen LogP contribution < -0.4 is 5.32 Å². The molecule has 0 unspecified atom stereocenters. The summed E-state index contributed by atoms with van der Waals surface area (Å²) < 4.78 is 0. The van der Waals surface area contributed by atoms with Gasteiger partial charge in [0.2, 0.25) is 5.91 Å². The normalized spacial score (nSPS) is 15.5. The van der Waals surface area contributed by atoms with Crippen molar-refractivity contribution in [1.29, 1.82) is 0 Å². The fourth-order valence-corrected chi connectivity index (χ4v) is 3.22. The van der Waals surface area contributed by atoms with Crippen molar-refractivity contribution in [2.24, 2.45) is 0 Å². The van der Waals surface area contributed by atoms with E-state index in [2.05, 4.69) is 10.3 Å². The van der Waals surface area contributed by atoms with Gasteiger partial charge in [-0.25, -0.2) is 4.98 Å². The highest BCUT2D eigenvalue weighted by atomic mass is 35.5. The van der Waals surface area contributed by atoms with Crippen molar-refractivity contribution in [2.75, 3.05) is 0 Å². The van der Waals surface area contributed by atoms with E-state index in [1.54, 1.807) is 18.3 Å². The van der Waals surface area contributed by atoms with E-state index in [4.69, 9.17) is 11.6 Å². The number of nitrogens with zero attached hydrogens (tertiary/aromatic N) is 1. The van der Waals surface area contributed by atoms with Crippen molar-refractivity contribution in [3.8, 4) is 0 Å². The minimum Gasteiger partial charge on any atom is -0.352 e. The summed E-state index contributed by atoms with van der Waals surface area (Å²) in [5.41, 5.74) is 0.961. The Morgan fingerprint density at radius 2 is 2.00 bits per heavy atom. The number of carbonyl (C=O) groups excluding carboxylic acids is 1. The van der Waals surface area contributed by atoms with Crippen LogP contribution in [0.3, 0.4) is 0 Å². The molecule has 1 aromatic heterocycles. The number of thioether (sulfide) groups is 1. The molecule has 21 heavy (non-hydrogen) atoms. The molecule has 1 saturated carbocycles. The van der Waals surface area contributed by atoms with E-state index in [-0.39, 0.29) is 11.2 Å². The van der Waals surface area contributed by atoms with Crippen LogP contribution in [0.5, 0.6) is 0 Å². The van der Waals surface area contributed by atoms with Crippen molar-refractivity contribution in [1.82, 2.24) is 10.3 Å². The highest BCUT2D eigenvalue weighted by Crippen LogP contribution is 2.38. The summed E-state index contributed by atoms with van der Waals surface area (Å²) in [4.78, 5) is 16.8. The SMILES string of the molecule is O=C(NC1CC1)[C@H](Sc1ncccc1Cl)c1ccccc1. The fraction of sp³-hybridized carbons (Fsp3) is 0.250. The molecule has 3 nitrogen and oxygen atoms in total. The number of pyridine rings is 1. The van der Waals surface area contributed by atoms with Crippen LogP contribution in [-0.2, 0) is 4.79 Å². The Morgan fingerprint density at radius 3 is 2.67 bits per heavy atom. The Kier molecular flexibility index (Phi) is 4.46. The maximum absolute atomic E-state index is 12.5. The van der Waals surface area contributed by atoms with Gasteiger partial charge < -0.3 is 5.32 Å². The third kappa shape index (κ3) is 3.77. The molecule has 1 amide bonds. The van der Waals surface area contributed by atoms with E-state index in [1.165, 1.54) is 11.8 Å². The van der Waals surface area contributed by atoms with Gasteiger partial charge in [-0.15, -0.1) is 0 Å². The standard InChI is InChI=1S/C16H15ClN2OS/c17-13-7-4-10-18-16(13)21-14(11-5-2-1-3-6-11)15(20)19-12-8-9-12/h1-7,10,12,14H,8-9H2,(H,19,20)/t14-/m1/s1. The van der Waals surface area contributed by atoms with Gasteiger partial charge in [0.05, 0.1) is 5.02 Å². The molecule has 108 valence electrons. The first kappa shape index (κ1) is 14.4. The molecular formula is C16H15ClN2OS. The quantitative estimate of drug-likeness (QED) is 0.851. The molecule has 3 rings (SSSR count). The van der Waals surface area contributed by atoms with Gasteiger partial charge in [-0.3, -0.25) is 4.79 Å². The zero-order valence-electron chi connectivity index (χ0n) is 11.3. The van der Waals surface area contributed by atoms with E-state index in [1.807, 2.05) is 30.3 Å². The molecule has 0 bridgehead atoms. The second-order valence-corrected chi connectivity index (χ2v) is 6.48. The minimum absolute atomic E-state index is 0.0235. The number of aromatic nitrogens is 1. The van der Waals surface area contributed by atoms with Gasteiger partial charge in [0.1, 0.15) is 10.3 Å². The second kappa shape index (κ2) is 6.50. The third-order valence-electron chi connectivity index (χ3n) is 3.22. The second-order valence-electron chi connectivity index (χ2n) is 4.98. The number of carbonyl (C=O) groups is 1. The number of amides is 1. The predicted molar refractivity (Wildman–Crippen MR) is 85.5 cm³/mol. The Bertz CT molecular complexity index is 631. The van der Waals surface area contributed by atoms with E-state index in [0.29, 0.717) is 16.1 Å². The van der Waals surface area contributed by atoms with Crippen LogP contribution in [0.2, 0.25) is 5.02 Å². The predicted octanol–water partition coefficient (Wildman–Crippen LogP) is 3.85. The molecule has 1 fully saturated rings. The summed E-state index contributed by atoms with van der Waals surface area (Å²) in [5, 5.41) is 3.98. The molecule has 1 N–H and O–H groups in total. The molecule has 0 radical (unpaired) electrons. The van der Waals surface area contributed by atoms with Crippen LogP contribution in [0.4, 0.5) is 0 Å². The lowest BCUT2D eigenvalue weighted by molar-refractivity contribution is -0.120. The minimum atomic E-state index is -0.334. The Labute approximate surface area is 133 Å². The lowest BCUT2D eigenvalue weighted by Crippen LogP contribution is -2.29. The van der Waals surface area contributed by atoms with Crippen LogP contribution in [0.15, 0.2) is 53.7 Å². The smallest absolute Gasteiger partial charge is 0.238 e. The zero-order chi connectivity index (χ0) is 14.7. The van der Waals surface area contributed by atoms with Gasteiger partial charge in [-0.05, 0) is 30.5 Å². The number of hydrogen-bond donors (Lipinski definition) is 1. The van der Waals surface area contributed by atoms with Crippen LogP contribution >= 0.6 is 23.4 Å². The molecule has 1 heterocycles. The summed E-state index contributed by atoms with van der Waals surface area (Å²) in [6.07, 6.45) is 3.83. The lowest BCUT2D eigenvalue weighted by Gasteiger charge is -2.16. The third-order valence-corrected chi connectivity index (χ3v) is 4.91. The van der Waals surface area contributed by atoms with Gasteiger partial charge in [-0.2, -0.15) is 0 Å². The highest BCUT2D eigenvalue weighted by molar-refractivity contribution is 8.00. The molecule has 1 aliphatic carbocycles. The highest BCUT2D eigenvalue weighted by Gasteiger charge is 2.29. The number of benzene rings is 1. The number of hydrogen-bond acceptors (Lipinski definition) is 3. The summed E-state index contributed by atoms with van der Waals surface area (Å²) in [5.74, 6) is 0.0235. The average Bonchev–Trinajstić information content (AvgIpc) is 3.31. The van der Waals surface area contributed by atoms with Crippen molar-refractivity contribution in [3.05, 3.63) is 59.2 Å². The molecule has 0 saturated heterocycles. The largest absolute Gasteiger partial charge is 0.352 e. The first-order chi connectivity index (χ1) is 10.2. The van der Waals surface area contributed by atoms with Crippen LogP contribution in [0, 0.1) is 0 Å². The summed E-state index contributed by atoms with van der Waals surface area (Å²) in [6, 6.07) is 13.6. The van der Waals surface area contributed by atoms with E-state index in [9.17, 15) is 4.79 Å². The zero-order valence-corrected chi connectivity index (χ0v) is 12.9. The molecule has 1 atom stereocenters. The van der Waals surface area contributed by atoms with Crippen LogP contribution in [0.25, 0.3) is 0 Å². The Balaban J connectivity index is 1.85.